The monoisotopic (exact) mass is 358 g/mol. The Morgan fingerprint density at radius 1 is 0.963 bits per heavy atom. The van der Waals surface area contributed by atoms with Crippen molar-refractivity contribution in [1.29, 1.82) is 0 Å². The highest BCUT2D eigenvalue weighted by Crippen LogP contribution is 2.28. The van der Waals surface area contributed by atoms with Crippen LogP contribution in [0.2, 0.25) is 0 Å². The van der Waals surface area contributed by atoms with E-state index in [1.54, 1.807) is 7.11 Å². The Balaban J connectivity index is 1.82. The van der Waals surface area contributed by atoms with E-state index in [4.69, 9.17) is 14.8 Å². The zero-order chi connectivity index (χ0) is 19.0. The maximum Gasteiger partial charge on any atom is 0.161 e. The van der Waals surface area contributed by atoms with E-state index in [0.717, 1.165) is 45.4 Å². The molecule has 1 N–H and O–H groups in total. The van der Waals surface area contributed by atoms with E-state index in [9.17, 15) is 0 Å². The lowest BCUT2D eigenvalue weighted by Gasteiger charge is -2.10. The molecule has 0 fully saturated rings. The Morgan fingerprint density at radius 2 is 1.74 bits per heavy atom. The van der Waals surface area contributed by atoms with Gasteiger partial charge in [-0.1, -0.05) is 23.8 Å². The topological polar surface area (TPSA) is 51.5 Å². The second-order valence-corrected chi connectivity index (χ2v) is 6.71. The molecule has 0 amide bonds. The van der Waals surface area contributed by atoms with Crippen molar-refractivity contribution in [1.82, 2.24) is 14.6 Å². The zero-order valence-electron chi connectivity index (χ0n) is 15.9. The van der Waals surface area contributed by atoms with E-state index in [-0.39, 0.29) is 0 Å². The number of fused-ring (bicyclic) bond motifs is 1. The minimum Gasteiger partial charge on any atom is -0.497 e. The molecule has 0 spiro atoms. The molecule has 0 saturated carbocycles. The van der Waals surface area contributed by atoms with Crippen LogP contribution in [0.4, 0.5) is 11.5 Å². The van der Waals surface area contributed by atoms with Crippen molar-refractivity contribution in [3.63, 3.8) is 0 Å². The number of hydrogen-bond acceptors (Lipinski definition) is 4. The molecule has 0 saturated heterocycles. The molecule has 27 heavy (non-hydrogen) atoms. The summed E-state index contributed by atoms with van der Waals surface area (Å²) in [4.78, 5) is 4.71. The summed E-state index contributed by atoms with van der Waals surface area (Å²) in [6, 6.07) is 18.2. The highest BCUT2D eigenvalue weighted by Gasteiger charge is 2.15. The molecule has 0 atom stereocenters. The van der Waals surface area contributed by atoms with E-state index in [2.05, 4.69) is 43.4 Å². The van der Waals surface area contributed by atoms with Gasteiger partial charge in [0.25, 0.3) is 0 Å². The number of nitrogens with zero attached hydrogens (tertiary/aromatic N) is 3. The number of methoxy groups -OCH3 is 1. The van der Waals surface area contributed by atoms with Gasteiger partial charge in [-0.15, -0.1) is 0 Å². The highest BCUT2D eigenvalue weighted by atomic mass is 16.5. The summed E-state index contributed by atoms with van der Waals surface area (Å²) < 4.78 is 7.11. The Morgan fingerprint density at radius 3 is 2.44 bits per heavy atom. The number of rotatable bonds is 4. The molecule has 0 aliphatic carbocycles. The molecule has 136 valence electrons. The Hall–Kier alpha value is -3.34. The number of nitrogens with one attached hydrogen (secondary N) is 1. The van der Waals surface area contributed by atoms with Crippen molar-refractivity contribution >= 4 is 17.2 Å². The third-order valence-electron chi connectivity index (χ3n) is 4.60. The van der Waals surface area contributed by atoms with Crippen molar-refractivity contribution in [3.8, 4) is 17.0 Å². The number of aromatic nitrogens is 3. The molecule has 4 aromatic rings. The van der Waals surface area contributed by atoms with Crippen LogP contribution in [0.3, 0.4) is 0 Å². The SMILES string of the molecule is COc1ccc(Nc2cc(C)nc3c(C)c(-c4cccc(C)c4)nn23)cc1. The summed E-state index contributed by atoms with van der Waals surface area (Å²) >= 11 is 0. The molecular formula is C22H22N4O. The summed E-state index contributed by atoms with van der Waals surface area (Å²) in [5.41, 5.74) is 7.11. The summed E-state index contributed by atoms with van der Waals surface area (Å²) in [5, 5.41) is 8.31. The van der Waals surface area contributed by atoms with Gasteiger partial charge in [0.05, 0.1) is 12.8 Å². The summed E-state index contributed by atoms with van der Waals surface area (Å²) in [6.45, 7) is 6.16. The van der Waals surface area contributed by atoms with Gasteiger partial charge in [-0.3, -0.25) is 0 Å². The van der Waals surface area contributed by atoms with Gasteiger partial charge in [0.2, 0.25) is 0 Å². The predicted octanol–water partition coefficient (Wildman–Crippen LogP) is 5.07. The van der Waals surface area contributed by atoms with Crippen LogP contribution < -0.4 is 10.1 Å². The number of hydrogen-bond donors (Lipinski definition) is 1. The van der Waals surface area contributed by atoms with Crippen LogP contribution >= 0.6 is 0 Å². The standard InChI is InChI=1S/C22H22N4O/c1-14-6-5-7-17(12-14)21-16(3)22-23-15(2)13-20(26(22)25-21)24-18-8-10-19(27-4)11-9-18/h5-13,24H,1-4H3. The van der Waals surface area contributed by atoms with Crippen molar-refractivity contribution in [2.75, 3.05) is 12.4 Å². The fraction of sp³-hybridized carbons (Fsp3) is 0.182. The second kappa shape index (κ2) is 6.76. The number of benzene rings is 2. The van der Waals surface area contributed by atoms with E-state index in [1.807, 2.05) is 41.8 Å². The van der Waals surface area contributed by atoms with Crippen molar-refractivity contribution in [2.45, 2.75) is 20.8 Å². The Kier molecular flexibility index (Phi) is 4.28. The van der Waals surface area contributed by atoms with Gasteiger partial charge in [0.15, 0.2) is 5.65 Å². The van der Waals surface area contributed by atoms with Crippen LogP contribution in [-0.4, -0.2) is 21.7 Å². The molecule has 2 aromatic heterocycles. The zero-order valence-corrected chi connectivity index (χ0v) is 15.9. The van der Waals surface area contributed by atoms with Gasteiger partial charge in [-0.2, -0.15) is 9.61 Å². The third kappa shape index (κ3) is 3.24. The van der Waals surface area contributed by atoms with Crippen LogP contribution in [0, 0.1) is 20.8 Å². The largest absolute Gasteiger partial charge is 0.497 e. The molecule has 0 aliphatic rings. The lowest BCUT2D eigenvalue weighted by Crippen LogP contribution is -2.02. The summed E-state index contributed by atoms with van der Waals surface area (Å²) in [6.07, 6.45) is 0. The third-order valence-corrected chi connectivity index (χ3v) is 4.60. The average molecular weight is 358 g/mol. The first-order chi connectivity index (χ1) is 13.0. The molecule has 0 radical (unpaired) electrons. The van der Waals surface area contributed by atoms with Crippen LogP contribution in [0.25, 0.3) is 16.9 Å². The van der Waals surface area contributed by atoms with Gasteiger partial charge < -0.3 is 10.1 Å². The minimum absolute atomic E-state index is 0.827. The molecule has 5 heteroatoms. The van der Waals surface area contributed by atoms with Crippen molar-refractivity contribution < 1.29 is 4.74 Å². The smallest absolute Gasteiger partial charge is 0.161 e. The normalized spacial score (nSPS) is 11.0. The second-order valence-electron chi connectivity index (χ2n) is 6.71. The number of aryl methyl sites for hydroxylation is 3. The average Bonchev–Trinajstić information content (AvgIpc) is 2.99. The van der Waals surface area contributed by atoms with E-state index in [0.29, 0.717) is 0 Å². The van der Waals surface area contributed by atoms with E-state index in [1.165, 1.54) is 5.56 Å². The Labute approximate surface area is 158 Å². The number of ether oxygens (including phenoxy) is 1. The lowest BCUT2D eigenvalue weighted by molar-refractivity contribution is 0.415. The lowest BCUT2D eigenvalue weighted by atomic mass is 10.1. The molecule has 4 rings (SSSR count). The predicted molar refractivity (Wildman–Crippen MR) is 109 cm³/mol. The molecule has 0 unspecified atom stereocenters. The van der Waals surface area contributed by atoms with Gasteiger partial charge in [0, 0.05) is 28.6 Å². The van der Waals surface area contributed by atoms with Crippen molar-refractivity contribution in [2.24, 2.45) is 0 Å². The quantitative estimate of drug-likeness (QED) is 0.553. The summed E-state index contributed by atoms with van der Waals surface area (Å²) in [7, 11) is 1.66. The molecular weight excluding hydrogens is 336 g/mol. The molecule has 0 aliphatic heterocycles. The van der Waals surface area contributed by atoms with Gasteiger partial charge in [-0.25, -0.2) is 4.98 Å². The molecule has 2 aromatic carbocycles. The first-order valence-electron chi connectivity index (χ1n) is 8.90. The fourth-order valence-electron chi connectivity index (χ4n) is 3.22. The molecule has 2 heterocycles. The highest BCUT2D eigenvalue weighted by molar-refractivity contribution is 5.73. The fourth-order valence-corrected chi connectivity index (χ4v) is 3.22. The summed E-state index contributed by atoms with van der Waals surface area (Å²) in [5.74, 6) is 1.71. The first-order valence-corrected chi connectivity index (χ1v) is 8.90. The first kappa shape index (κ1) is 17.1. The van der Waals surface area contributed by atoms with Gasteiger partial charge in [0.1, 0.15) is 11.6 Å². The number of anilines is 2. The minimum atomic E-state index is 0.827. The van der Waals surface area contributed by atoms with E-state index >= 15 is 0 Å². The van der Waals surface area contributed by atoms with Crippen LogP contribution in [0.15, 0.2) is 54.6 Å². The Bertz CT molecular complexity index is 1110. The molecule has 0 bridgehead atoms. The van der Waals surface area contributed by atoms with E-state index < -0.39 is 0 Å². The van der Waals surface area contributed by atoms with Gasteiger partial charge in [-0.05, 0) is 51.1 Å². The molecule has 5 nitrogen and oxygen atoms in total. The van der Waals surface area contributed by atoms with Crippen molar-refractivity contribution in [3.05, 3.63) is 71.4 Å². The van der Waals surface area contributed by atoms with Crippen LogP contribution in [0.5, 0.6) is 5.75 Å². The van der Waals surface area contributed by atoms with Gasteiger partial charge >= 0.3 is 0 Å². The van der Waals surface area contributed by atoms with Crippen LogP contribution in [0.1, 0.15) is 16.8 Å². The van der Waals surface area contributed by atoms with Crippen LogP contribution in [-0.2, 0) is 0 Å². The maximum atomic E-state index is 5.23. The maximum absolute atomic E-state index is 5.23.